The number of carbonyl (C=O) groups is 2. The minimum atomic E-state index is -0.174. The minimum Gasteiger partial charge on any atom is -0.299 e. The summed E-state index contributed by atoms with van der Waals surface area (Å²) < 4.78 is 0. The molecule has 2 saturated carbocycles. The molecular weight excluding hydrogens is 212 g/mol. The summed E-state index contributed by atoms with van der Waals surface area (Å²) in [6.07, 6.45) is 2.17. The molecule has 2 heteroatoms. The van der Waals surface area contributed by atoms with Gasteiger partial charge in [0.05, 0.1) is 0 Å². The highest BCUT2D eigenvalue weighted by Crippen LogP contribution is 2.45. The zero-order valence-corrected chi connectivity index (χ0v) is 11.0. The molecule has 2 aliphatic rings. The lowest BCUT2D eigenvalue weighted by Crippen LogP contribution is -2.47. The van der Waals surface area contributed by atoms with Crippen molar-refractivity contribution >= 4 is 11.6 Å². The maximum Gasteiger partial charge on any atom is 0.144 e. The summed E-state index contributed by atoms with van der Waals surface area (Å²) in [6.45, 7) is 10.4. The number of hydrogen-bond acceptors (Lipinski definition) is 2. The van der Waals surface area contributed by atoms with Gasteiger partial charge in [0.2, 0.25) is 0 Å². The normalized spacial score (nSPS) is 38.5. The van der Waals surface area contributed by atoms with Gasteiger partial charge in [0.1, 0.15) is 11.6 Å². The summed E-state index contributed by atoms with van der Waals surface area (Å²) in [6, 6.07) is 0. The summed E-state index contributed by atoms with van der Waals surface area (Å²) in [4.78, 5) is 24.5. The van der Waals surface area contributed by atoms with E-state index in [9.17, 15) is 9.59 Å². The summed E-state index contributed by atoms with van der Waals surface area (Å²) >= 11 is 0. The molecule has 0 amide bonds. The summed E-state index contributed by atoms with van der Waals surface area (Å²) in [5.74, 6) is 1.14. The molecule has 0 spiro atoms. The van der Waals surface area contributed by atoms with Crippen LogP contribution in [-0.2, 0) is 9.59 Å². The predicted molar refractivity (Wildman–Crippen MR) is 67.5 cm³/mol. The molecule has 2 fully saturated rings. The number of rotatable bonds is 1. The topological polar surface area (TPSA) is 34.1 Å². The van der Waals surface area contributed by atoms with Crippen LogP contribution in [0.15, 0.2) is 12.2 Å². The quantitative estimate of drug-likeness (QED) is 0.653. The second kappa shape index (κ2) is 4.40. The Hall–Kier alpha value is -0.920. The highest BCUT2D eigenvalue weighted by molar-refractivity contribution is 5.96. The lowest BCUT2D eigenvalue weighted by molar-refractivity contribution is -0.142. The SMILES string of the molecule is C=C1CCC(=O)C2C1C(=O)C(C(C)C)C[C@@H]2C. The van der Waals surface area contributed by atoms with Crippen LogP contribution in [0.1, 0.15) is 40.0 Å². The molecule has 0 aromatic carbocycles. The Morgan fingerprint density at radius 1 is 1.24 bits per heavy atom. The van der Waals surface area contributed by atoms with Crippen LogP contribution in [0.3, 0.4) is 0 Å². The molecule has 0 heterocycles. The van der Waals surface area contributed by atoms with Crippen LogP contribution in [0.4, 0.5) is 0 Å². The second-order valence-corrected chi connectivity index (χ2v) is 6.09. The number of Topliss-reactive ketones (excluding diaryl/α,β-unsaturated/α-hetero) is 2. The first-order valence-corrected chi connectivity index (χ1v) is 6.67. The third-order valence-corrected chi connectivity index (χ3v) is 4.58. The Labute approximate surface area is 103 Å². The lowest BCUT2D eigenvalue weighted by Gasteiger charge is -2.43. The Bertz CT molecular complexity index is 367. The van der Waals surface area contributed by atoms with E-state index in [-0.39, 0.29) is 29.3 Å². The fourth-order valence-corrected chi connectivity index (χ4v) is 3.56. The maximum absolute atomic E-state index is 12.5. The molecule has 2 rings (SSSR count). The van der Waals surface area contributed by atoms with E-state index in [1.54, 1.807) is 0 Å². The zero-order chi connectivity index (χ0) is 12.7. The highest BCUT2D eigenvalue weighted by Gasteiger charge is 2.48. The van der Waals surface area contributed by atoms with Gasteiger partial charge < -0.3 is 0 Å². The third-order valence-electron chi connectivity index (χ3n) is 4.58. The molecule has 2 nitrogen and oxygen atoms in total. The average Bonchev–Trinajstić information content (AvgIpc) is 2.26. The summed E-state index contributed by atoms with van der Waals surface area (Å²) in [5, 5.41) is 0. The molecule has 0 aliphatic heterocycles. The van der Waals surface area contributed by atoms with E-state index >= 15 is 0 Å². The number of fused-ring (bicyclic) bond motifs is 1. The van der Waals surface area contributed by atoms with Crippen LogP contribution < -0.4 is 0 Å². The molecule has 2 aliphatic carbocycles. The Morgan fingerprint density at radius 2 is 1.88 bits per heavy atom. The lowest BCUT2D eigenvalue weighted by atomic mass is 9.59. The molecule has 4 atom stereocenters. The smallest absolute Gasteiger partial charge is 0.144 e. The first-order valence-electron chi connectivity index (χ1n) is 6.67. The molecule has 0 radical (unpaired) electrons. The Morgan fingerprint density at radius 3 is 2.47 bits per heavy atom. The van der Waals surface area contributed by atoms with Crippen molar-refractivity contribution in [3.8, 4) is 0 Å². The fraction of sp³-hybridized carbons (Fsp3) is 0.733. The van der Waals surface area contributed by atoms with E-state index in [2.05, 4.69) is 27.4 Å². The van der Waals surface area contributed by atoms with Crippen molar-refractivity contribution < 1.29 is 9.59 Å². The van der Waals surface area contributed by atoms with Crippen molar-refractivity contribution in [1.82, 2.24) is 0 Å². The second-order valence-electron chi connectivity index (χ2n) is 6.09. The predicted octanol–water partition coefficient (Wildman–Crippen LogP) is 3.02. The molecule has 0 aromatic heterocycles. The standard InChI is InChI=1S/C15H22O2/c1-8(2)11-7-10(4)13-12(16)6-5-9(3)14(13)15(11)17/h8,10-11,13-14H,3,5-7H2,1-2,4H3/t10-,11?,13?,14?/m0/s1. The van der Waals surface area contributed by atoms with Gasteiger partial charge in [-0.2, -0.15) is 0 Å². The van der Waals surface area contributed by atoms with Crippen LogP contribution in [0, 0.1) is 29.6 Å². The van der Waals surface area contributed by atoms with Gasteiger partial charge >= 0.3 is 0 Å². The minimum absolute atomic E-state index is 0.0706. The fourth-order valence-electron chi connectivity index (χ4n) is 3.56. The Kier molecular flexibility index (Phi) is 3.24. The zero-order valence-electron chi connectivity index (χ0n) is 11.0. The highest BCUT2D eigenvalue weighted by atomic mass is 16.1. The molecule has 3 unspecified atom stereocenters. The molecule has 94 valence electrons. The van der Waals surface area contributed by atoms with Crippen LogP contribution in [-0.4, -0.2) is 11.6 Å². The number of hydrogen-bond donors (Lipinski definition) is 0. The van der Waals surface area contributed by atoms with Crippen molar-refractivity contribution in [1.29, 1.82) is 0 Å². The molecule has 17 heavy (non-hydrogen) atoms. The number of ketones is 2. The summed E-state index contributed by atoms with van der Waals surface area (Å²) in [5.41, 5.74) is 0.997. The van der Waals surface area contributed by atoms with Gasteiger partial charge in [0, 0.05) is 24.2 Å². The van der Waals surface area contributed by atoms with Crippen molar-refractivity contribution in [3.05, 3.63) is 12.2 Å². The monoisotopic (exact) mass is 234 g/mol. The van der Waals surface area contributed by atoms with E-state index in [1.807, 2.05) is 0 Å². The molecule has 0 aromatic rings. The van der Waals surface area contributed by atoms with Crippen molar-refractivity contribution in [2.45, 2.75) is 40.0 Å². The van der Waals surface area contributed by atoms with E-state index in [1.165, 1.54) is 0 Å². The van der Waals surface area contributed by atoms with Gasteiger partial charge in [-0.05, 0) is 24.7 Å². The van der Waals surface area contributed by atoms with E-state index in [0.29, 0.717) is 24.7 Å². The first-order chi connectivity index (χ1) is 7.93. The average molecular weight is 234 g/mol. The number of carbonyl (C=O) groups excluding carboxylic acids is 2. The van der Waals surface area contributed by atoms with Gasteiger partial charge in [-0.3, -0.25) is 9.59 Å². The largest absolute Gasteiger partial charge is 0.299 e. The summed E-state index contributed by atoms with van der Waals surface area (Å²) in [7, 11) is 0. The van der Waals surface area contributed by atoms with E-state index in [0.717, 1.165) is 12.0 Å². The molecular formula is C15H22O2. The molecule has 0 bridgehead atoms. The molecule has 0 saturated heterocycles. The van der Waals surface area contributed by atoms with Crippen molar-refractivity contribution in [2.75, 3.05) is 0 Å². The van der Waals surface area contributed by atoms with Crippen LogP contribution in [0.2, 0.25) is 0 Å². The van der Waals surface area contributed by atoms with Gasteiger partial charge in [0.25, 0.3) is 0 Å². The van der Waals surface area contributed by atoms with E-state index in [4.69, 9.17) is 0 Å². The van der Waals surface area contributed by atoms with Gasteiger partial charge in [-0.1, -0.05) is 32.9 Å². The molecule has 0 N–H and O–H groups in total. The van der Waals surface area contributed by atoms with Crippen LogP contribution >= 0.6 is 0 Å². The van der Waals surface area contributed by atoms with E-state index < -0.39 is 0 Å². The van der Waals surface area contributed by atoms with Crippen LogP contribution in [0.25, 0.3) is 0 Å². The van der Waals surface area contributed by atoms with Crippen molar-refractivity contribution in [2.24, 2.45) is 29.6 Å². The Balaban J connectivity index is 2.33. The number of allylic oxidation sites excluding steroid dienone is 1. The van der Waals surface area contributed by atoms with Crippen molar-refractivity contribution in [3.63, 3.8) is 0 Å². The van der Waals surface area contributed by atoms with Crippen LogP contribution in [0.5, 0.6) is 0 Å². The first kappa shape index (κ1) is 12.5. The van der Waals surface area contributed by atoms with Gasteiger partial charge in [-0.25, -0.2) is 0 Å². The van der Waals surface area contributed by atoms with Gasteiger partial charge in [0.15, 0.2) is 0 Å². The maximum atomic E-state index is 12.5. The third kappa shape index (κ3) is 1.98. The van der Waals surface area contributed by atoms with Gasteiger partial charge in [-0.15, -0.1) is 0 Å².